The molecule has 0 saturated heterocycles. The Hall–Kier alpha value is -1.55. The van der Waals surface area contributed by atoms with Crippen LogP contribution in [0.1, 0.15) is 33.2 Å². The maximum atomic E-state index is 5.82. The van der Waals surface area contributed by atoms with Crippen molar-refractivity contribution in [2.75, 3.05) is 0 Å². The van der Waals surface area contributed by atoms with Gasteiger partial charge in [-0.2, -0.15) is 0 Å². The summed E-state index contributed by atoms with van der Waals surface area (Å²) < 4.78 is 8.68. The molecule has 1 N–H and O–H groups in total. The number of imidazole rings is 1. The number of benzene rings is 1. The van der Waals surface area contributed by atoms with E-state index in [9.17, 15) is 0 Å². The average molecular weight is 276 g/mol. The molecule has 1 aromatic heterocycles. The van der Waals surface area contributed by atoms with E-state index < -0.39 is 0 Å². The lowest BCUT2D eigenvalue weighted by molar-refractivity contribution is 0.245. The van der Waals surface area contributed by atoms with Crippen molar-refractivity contribution in [3.63, 3.8) is 0 Å². The maximum Gasteiger partial charge on any atom is 0.178 e. The molecular formula is C15H20N2OS. The Morgan fingerprint density at radius 3 is 2.79 bits per heavy atom. The second kappa shape index (κ2) is 5.61. The molecule has 0 saturated carbocycles. The summed E-state index contributed by atoms with van der Waals surface area (Å²) in [5, 5.41) is 0. The Balaban J connectivity index is 2.58. The Kier molecular flexibility index (Phi) is 4.10. The quantitative estimate of drug-likeness (QED) is 0.637. The standard InChI is InChI=1S/C15H20N2OS/c1-5-7-11(4)17-12-8-6-9-13(18-10(2)3)14(12)16-15(17)19/h5-6,8-11H,1,7H2,2-4H3,(H,16,19). The zero-order valence-corrected chi connectivity index (χ0v) is 12.5. The van der Waals surface area contributed by atoms with Gasteiger partial charge in [0.15, 0.2) is 4.77 Å². The predicted molar refractivity (Wildman–Crippen MR) is 82.4 cm³/mol. The molecule has 102 valence electrons. The molecular weight excluding hydrogens is 256 g/mol. The number of allylic oxidation sites excluding steroid dienone is 1. The fourth-order valence-electron chi connectivity index (χ4n) is 2.26. The van der Waals surface area contributed by atoms with Gasteiger partial charge in [-0.25, -0.2) is 0 Å². The Morgan fingerprint density at radius 2 is 2.16 bits per heavy atom. The number of ether oxygens (including phenoxy) is 1. The van der Waals surface area contributed by atoms with Crippen LogP contribution in [0.15, 0.2) is 30.9 Å². The summed E-state index contributed by atoms with van der Waals surface area (Å²) in [5.41, 5.74) is 2.05. The molecule has 3 nitrogen and oxygen atoms in total. The Bertz CT molecular complexity index is 639. The zero-order valence-electron chi connectivity index (χ0n) is 11.6. The highest BCUT2D eigenvalue weighted by Crippen LogP contribution is 2.28. The van der Waals surface area contributed by atoms with E-state index in [0.717, 1.165) is 28.0 Å². The number of aromatic nitrogens is 2. The molecule has 2 aromatic rings. The summed E-state index contributed by atoms with van der Waals surface area (Å²) in [6, 6.07) is 6.32. The van der Waals surface area contributed by atoms with Crippen molar-refractivity contribution >= 4 is 23.3 Å². The van der Waals surface area contributed by atoms with Gasteiger partial charge >= 0.3 is 0 Å². The molecule has 1 heterocycles. The average Bonchev–Trinajstić information content (AvgIpc) is 2.66. The number of fused-ring (bicyclic) bond motifs is 1. The molecule has 1 unspecified atom stereocenters. The highest BCUT2D eigenvalue weighted by molar-refractivity contribution is 7.71. The van der Waals surface area contributed by atoms with Crippen molar-refractivity contribution in [3.05, 3.63) is 35.6 Å². The highest BCUT2D eigenvalue weighted by Gasteiger charge is 2.13. The molecule has 0 spiro atoms. The maximum absolute atomic E-state index is 5.82. The van der Waals surface area contributed by atoms with Gasteiger partial charge in [-0.05, 0) is 51.5 Å². The summed E-state index contributed by atoms with van der Waals surface area (Å²) in [5.74, 6) is 0.850. The van der Waals surface area contributed by atoms with Gasteiger partial charge in [0.25, 0.3) is 0 Å². The fourth-order valence-corrected chi connectivity index (χ4v) is 2.64. The van der Waals surface area contributed by atoms with Crippen LogP contribution in [-0.2, 0) is 0 Å². The van der Waals surface area contributed by atoms with Gasteiger partial charge in [0.2, 0.25) is 0 Å². The first-order chi connectivity index (χ1) is 9.04. The Morgan fingerprint density at radius 1 is 1.42 bits per heavy atom. The second-order valence-corrected chi connectivity index (χ2v) is 5.38. The minimum Gasteiger partial charge on any atom is -0.489 e. The molecule has 0 radical (unpaired) electrons. The number of H-pyrrole nitrogens is 1. The molecule has 0 aliphatic carbocycles. The summed E-state index contributed by atoms with van der Waals surface area (Å²) in [6.45, 7) is 9.97. The lowest BCUT2D eigenvalue weighted by Crippen LogP contribution is -2.06. The Labute approximate surface area is 118 Å². The van der Waals surface area contributed by atoms with Crippen molar-refractivity contribution in [3.8, 4) is 5.75 Å². The van der Waals surface area contributed by atoms with E-state index in [1.165, 1.54) is 0 Å². The third-order valence-electron chi connectivity index (χ3n) is 3.03. The summed E-state index contributed by atoms with van der Waals surface area (Å²) in [6.07, 6.45) is 2.94. The van der Waals surface area contributed by atoms with E-state index >= 15 is 0 Å². The van der Waals surface area contributed by atoms with Gasteiger partial charge in [-0.15, -0.1) is 6.58 Å². The molecule has 1 atom stereocenters. The van der Waals surface area contributed by atoms with Crippen LogP contribution < -0.4 is 4.74 Å². The SMILES string of the molecule is C=CCC(C)n1c(=S)[nH]c2c(OC(C)C)cccc21. The zero-order chi connectivity index (χ0) is 14.0. The van der Waals surface area contributed by atoms with Crippen LogP contribution in [0.4, 0.5) is 0 Å². The first-order valence-corrected chi connectivity index (χ1v) is 6.96. The molecule has 0 aliphatic rings. The third-order valence-corrected chi connectivity index (χ3v) is 3.32. The molecule has 2 rings (SSSR count). The van der Waals surface area contributed by atoms with E-state index in [4.69, 9.17) is 17.0 Å². The van der Waals surface area contributed by atoms with E-state index in [1.807, 2.05) is 32.1 Å². The van der Waals surface area contributed by atoms with E-state index in [1.54, 1.807) is 0 Å². The molecule has 4 heteroatoms. The first-order valence-electron chi connectivity index (χ1n) is 6.55. The van der Waals surface area contributed by atoms with Gasteiger partial charge in [-0.3, -0.25) is 0 Å². The van der Waals surface area contributed by atoms with Crippen LogP contribution in [0.25, 0.3) is 11.0 Å². The third kappa shape index (κ3) is 2.73. The first kappa shape index (κ1) is 13.9. The monoisotopic (exact) mass is 276 g/mol. The van der Waals surface area contributed by atoms with Gasteiger partial charge < -0.3 is 14.3 Å². The van der Waals surface area contributed by atoms with Crippen LogP contribution in [0, 0.1) is 4.77 Å². The predicted octanol–water partition coefficient (Wildman–Crippen LogP) is 4.62. The molecule has 19 heavy (non-hydrogen) atoms. The minimum absolute atomic E-state index is 0.140. The van der Waals surface area contributed by atoms with Crippen molar-refractivity contribution in [2.45, 2.75) is 39.3 Å². The van der Waals surface area contributed by atoms with Crippen LogP contribution >= 0.6 is 12.2 Å². The van der Waals surface area contributed by atoms with Gasteiger partial charge in [-0.1, -0.05) is 12.1 Å². The molecule has 0 fully saturated rings. The number of rotatable bonds is 5. The summed E-state index contributed by atoms with van der Waals surface area (Å²) in [7, 11) is 0. The van der Waals surface area contributed by atoms with Gasteiger partial charge in [0.1, 0.15) is 11.3 Å². The summed E-state index contributed by atoms with van der Waals surface area (Å²) in [4.78, 5) is 3.26. The number of aromatic amines is 1. The number of para-hydroxylation sites is 1. The molecule has 0 amide bonds. The van der Waals surface area contributed by atoms with Crippen molar-refractivity contribution in [1.29, 1.82) is 0 Å². The van der Waals surface area contributed by atoms with Crippen LogP contribution in [0.2, 0.25) is 0 Å². The smallest absolute Gasteiger partial charge is 0.178 e. The largest absolute Gasteiger partial charge is 0.489 e. The number of nitrogens with one attached hydrogen (secondary N) is 1. The second-order valence-electron chi connectivity index (χ2n) is 4.99. The van der Waals surface area contributed by atoms with E-state index in [2.05, 4.69) is 29.1 Å². The molecule has 0 aliphatic heterocycles. The normalized spacial score (nSPS) is 12.8. The van der Waals surface area contributed by atoms with Crippen molar-refractivity contribution < 1.29 is 4.74 Å². The van der Waals surface area contributed by atoms with Crippen LogP contribution in [0.5, 0.6) is 5.75 Å². The lowest BCUT2D eigenvalue weighted by atomic mass is 10.2. The van der Waals surface area contributed by atoms with Gasteiger partial charge in [0, 0.05) is 6.04 Å². The topological polar surface area (TPSA) is 29.9 Å². The van der Waals surface area contributed by atoms with Crippen molar-refractivity contribution in [2.24, 2.45) is 0 Å². The number of hydrogen-bond acceptors (Lipinski definition) is 2. The minimum atomic E-state index is 0.140. The molecule has 0 bridgehead atoms. The van der Waals surface area contributed by atoms with E-state index in [-0.39, 0.29) is 12.1 Å². The van der Waals surface area contributed by atoms with Gasteiger partial charge in [0.05, 0.1) is 11.6 Å². The number of nitrogens with zero attached hydrogens (tertiary/aromatic N) is 1. The van der Waals surface area contributed by atoms with Crippen molar-refractivity contribution in [1.82, 2.24) is 9.55 Å². The fraction of sp³-hybridized carbons (Fsp3) is 0.400. The van der Waals surface area contributed by atoms with E-state index in [0.29, 0.717) is 0 Å². The molecule has 1 aromatic carbocycles. The lowest BCUT2D eigenvalue weighted by Gasteiger charge is -2.13. The van der Waals surface area contributed by atoms with Crippen LogP contribution in [0.3, 0.4) is 0 Å². The van der Waals surface area contributed by atoms with Crippen LogP contribution in [-0.4, -0.2) is 15.7 Å². The summed E-state index contributed by atoms with van der Waals surface area (Å²) >= 11 is 5.43. The number of hydrogen-bond donors (Lipinski definition) is 1. The highest BCUT2D eigenvalue weighted by atomic mass is 32.1.